The number of fused-ring (bicyclic) bond motifs is 7. The molecule has 5 heteroatoms. The monoisotopic (exact) mass is 808 g/mol. The Kier molecular flexibility index (Phi) is 8.65. The first-order chi connectivity index (χ1) is 30.7. The highest BCUT2D eigenvalue weighted by Gasteiger charge is 2.21. The molecule has 0 amide bonds. The third-order valence-electron chi connectivity index (χ3n) is 11.9. The normalized spacial score (nSPS) is 11.5. The van der Waals surface area contributed by atoms with Crippen LogP contribution in [-0.4, -0.2) is 19.5 Å². The molecule has 0 aliphatic rings. The van der Waals surface area contributed by atoms with Crippen molar-refractivity contribution in [2.75, 3.05) is 0 Å². The van der Waals surface area contributed by atoms with Gasteiger partial charge in [0.15, 0.2) is 17.5 Å². The Balaban J connectivity index is 1.08. The van der Waals surface area contributed by atoms with Gasteiger partial charge in [-0.05, 0) is 69.8 Å². The molecule has 12 aromatic rings. The van der Waals surface area contributed by atoms with E-state index in [-0.39, 0.29) is 0 Å². The van der Waals surface area contributed by atoms with E-state index in [1.165, 1.54) is 42.0 Å². The van der Waals surface area contributed by atoms with E-state index in [4.69, 9.17) is 15.0 Å². The predicted molar refractivity (Wildman–Crippen MR) is 260 cm³/mol. The third kappa shape index (κ3) is 6.18. The molecule has 0 unspecified atom stereocenters. The van der Waals surface area contributed by atoms with Crippen LogP contribution in [0.5, 0.6) is 0 Å². The molecule has 0 saturated carbocycles. The Bertz CT molecular complexity index is 3610. The number of benzene rings is 9. The van der Waals surface area contributed by atoms with E-state index in [1.807, 2.05) is 23.5 Å². The van der Waals surface area contributed by atoms with Gasteiger partial charge in [-0.15, -0.1) is 11.3 Å². The summed E-state index contributed by atoms with van der Waals surface area (Å²) < 4.78 is 5.03. The van der Waals surface area contributed by atoms with Gasteiger partial charge in [0.25, 0.3) is 0 Å². The summed E-state index contributed by atoms with van der Waals surface area (Å²) in [5.41, 5.74) is 12.9. The van der Waals surface area contributed by atoms with Crippen LogP contribution in [0.15, 0.2) is 218 Å². The molecule has 0 bridgehead atoms. The van der Waals surface area contributed by atoms with E-state index in [0.29, 0.717) is 17.5 Å². The van der Waals surface area contributed by atoms with Crippen LogP contribution >= 0.6 is 11.3 Å². The van der Waals surface area contributed by atoms with Gasteiger partial charge in [0, 0.05) is 48.6 Å². The smallest absolute Gasteiger partial charge is 0.164 e. The molecule has 9 aromatic carbocycles. The van der Waals surface area contributed by atoms with Crippen molar-refractivity contribution in [1.29, 1.82) is 0 Å². The summed E-state index contributed by atoms with van der Waals surface area (Å²) in [6.45, 7) is 0. The first-order valence-corrected chi connectivity index (χ1v) is 21.7. The van der Waals surface area contributed by atoms with E-state index in [9.17, 15) is 0 Å². The van der Waals surface area contributed by atoms with E-state index in [0.717, 1.165) is 55.8 Å². The van der Waals surface area contributed by atoms with Crippen LogP contribution in [0, 0.1) is 0 Å². The zero-order valence-corrected chi connectivity index (χ0v) is 34.3. The van der Waals surface area contributed by atoms with Crippen LogP contribution in [-0.2, 0) is 0 Å². The highest BCUT2D eigenvalue weighted by atomic mass is 32.1. The van der Waals surface area contributed by atoms with Crippen LogP contribution in [0.1, 0.15) is 0 Å². The van der Waals surface area contributed by atoms with Gasteiger partial charge in [-0.2, -0.15) is 0 Å². The lowest BCUT2D eigenvalue weighted by molar-refractivity contribution is 1.07. The molecule has 4 nitrogen and oxygen atoms in total. The highest BCUT2D eigenvalue weighted by Crippen LogP contribution is 2.44. The van der Waals surface area contributed by atoms with E-state index < -0.39 is 0 Å². The predicted octanol–water partition coefficient (Wildman–Crippen LogP) is 15.3. The molecule has 0 aliphatic heterocycles. The molecule has 0 radical (unpaired) electrons. The fourth-order valence-electron chi connectivity index (χ4n) is 8.89. The molecule has 3 aromatic heterocycles. The second-order valence-electron chi connectivity index (χ2n) is 15.6. The molecule has 0 atom stereocenters. The molecular formula is C57H36N4S. The molecule has 0 spiro atoms. The van der Waals surface area contributed by atoms with Crippen molar-refractivity contribution in [3.8, 4) is 73.2 Å². The lowest BCUT2D eigenvalue weighted by Crippen LogP contribution is -2.02. The van der Waals surface area contributed by atoms with E-state index >= 15 is 0 Å². The van der Waals surface area contributed by atoms with Crippen LogP contribution in [0.3, 0.4) is 0 Å². The zero-order valence-electron chi connectivity index (χ0n) is 33.5. The molecule has 3 heterocycles. The summed E-state index contributed by atoms with van der Waals surface area (Å²) in [5, 5.41) is 5.04. The van der Waals surface area contributed by atoms with Crippen molar-refractivity contribution >= 4 is 53.3 Å². The molecular weight excluding hydrogens is 773 g/mol. The van der Waals surface area contributed by atoms with Crippen molar-refractivity contribution in [2.45, 2.75) is 0 Å². The molecule has 0 fully saturated rings. The van der Waals surface area contributed by atoms with Crippen LogP contribution in [0.25, 0.3) is 115 Å². The molecule has 12 rings (SSSR count). The minimum atomic E-state index is 0.613. The Morgan fingerprint density at radius 3 is 1.63 bits per heavy atom. The Hall–Kier alpha value is -7.99. The fraction of sp³-hybridized carbons (Fsp3) is 0. The van der Waals surface area contributed by atoms with Crippen molar-refractivity contribution in [1.82, 2.24) is 19.5 Å². The van der Waals surface area contributed by atoms with Gasteiger partial charge in [0.2, 0.25) is 0 Å². The average Bonchev–Trinajstić information content (AvgIpc) is 3.91. The maximum atomic E-state index is 5.32. The molecule has 290 valence electrons. The van der Waals surface area contributed by atoms with Crippen molar-refractivity contribution in [2.24, 2.45) is 0 Å². The molecule has 62 heavy (non-hydrogen) atoms. The Morgan fingerprint density at radius 1 is 0.323 bits per heavy atom. The zero-order chi connectivity index (χ0) is 41.0. The summed E-state index contributed by atoms with van der Waals surface area (Å²) in [7, 11) is 0. The number of para-hydroxylation sites is 1. The first-order valence-electron chi connectivity index (χ1n) is 20.8. The standard InChI is InChI=1S/C57H36N4S/c1-4-15-37(16-5-1)39-27-29-41(30-28-39)55-58-56(43-22-14-21-42(35-43)38-17-6-2-7-18-38)60-57(59-55)49-32-31-44(36-50(49)40-19-8-3-9-20-40)61-51-25-12-10-23-45(51)47-33-34-48-46-24-11-13-26-52(46)62-54(48)53(47)61/h1-36H. The number of hydrogen-bond acceptors (Lipinski definition) is 4. The summed E-state index contributed by atoms with van der Waals surface area (Å²) in [5.74, 6) is 1.85. The topological polar surface area (TPSA) is 43.6 Å². The van der Waals surface area contributed by atoms with Gasteiger partial charge in [-0.25, -0.2) is 15.0 Å². The fourth-order valence-corrected chi connectivity index (χ4v) is 10.1. The lowest BCUT2D eigenvalue weighted by atomic mass is 9.97. The second-order valence-corrected chi connectivity index (χ2v) is 16.6. The summed E-state index contributed by atoms with van der Waals surface area (Å²) >= 11 is 1.87. The number of hydrogen-bond donors (Lipinski definition) is 0. The van der Waals surface area contributed by atoms with Crippen LogP contribution < -0.4 is 0 Å². The van der Waals surface area contributed by atoms with Gasteiger partial charge in [-0.3, -0.25) is 0 Å². The number of nitrogens with zero attached hydrogens (tertiary/aromatic N) is 4. The van der Waals surface area contributed by atoms with Crippen LogP contribution in [0.2, 0.25) is 0 Å². The second kappa shape index (κ2) is 14.9. The number of aromatic nitrogens is 4. The Morgan fingerprint density at radius 2 is 0.871 bits per heavy atom. The summed E-state index contributed by atoms with van der Waals surface area (Å²) in [6, 6.07) is 77.3. The van der Waals surface area contributed by atoms with Gasteiger partial charge >= 0.3 is 0 Å². The third-order valence-corrected chi connectivity index (χ3v) is 13.1. The maximum absolute atomic E-state index is 5.32. The quantitative estimate of drug-likeness (QED) is 0.161. The maximum Gasteiger partial charge on any atom is 0.164 e. The van der Waals surface area contributed by atoms with Gasteiger partial charge in [0.1, 0.15) is 0 Å². The summed E-state index contributed by atoms with van der Waals surface area (Å²) in [4.78, 5) is 15.8. The molecule has 0 saturated heterocycles. The SMILES string of the molecule is c1ccc(-c2ccc(-c3nc(-c4cccc(-c5ccccc5)c4)nc(-c4ccc(-n5c6ccccc6c6ccc7c8ccccc8sc7c65)cc4-c4ccccc4)n3)cc2)cc1. The minimum absolute atomic E-state index is 0.613. The van der Waals surface area contributed by atoms with Crippen molar-refractivity contribution < 1.29 is 0 Å². The number of thiophene rings is 1. The molecule has 0 aliphatic carbocycles. The van der Waals surface area contributed by atoms with Gasteiger partial charge in [-0.1, -0.05) is 182 Å². The first kappa shape index (κ1) is 35.9. The number of rotatable bonds is 7. The van der Waals surface area contributed by atoms with Gasteiger partial charge in [0.05, 0.1) is 15.7 Å². The summed E-state index contributed by atoms with van der Waals surface area (Å²) in [6.07, 6.45) is 0. The molecule has 0 N–H and O–H groups in total. The van der Waals surface area contributed by atoms with E-state index in [1.54, 1.807) is 0 Å². The highest BCUT2D eigenvalue weighted by molar-refractivity contribution is 7.26. The largest absolute Gasteiger partial charge is 0.308 e. The average molecular weight is 809 g/mol. The van der Waals surface area contributed by atoms with Crippen molar-refractivity contribution in [3.05, 3.63) is 218 Å². The van der Waals surface area contributed by atoms with Gasteiger partial charge < -0.3 is 4.57 Å². The minimum Gasteiger partial charge on any atom is -0.308 e. The lowest BCUT2D eigenvalue weighted by Gasteiger charge is -2.16. The van der Waals surface area contributed by atoms with Crippen molar-refractivity contribution in [3.63, 3.8) is 0 Å². The Labute approximate surface area is 362 Å². The van der Waals surface area contributed by atoms with Crippen LogP contribution in [0.4, 0.5) is 0 Å². The van der Waals surface area contributed by atoms with E-state index in [2.05, 4.69) is 211 Å².